The van der Waals surface area contributed by atoms with Gasteiger partial charge in [0.05, 0.1) is 0 Å². The molecule has 8 rings (SSSR count). The summed E-state index contributed by atoms with van der Waals surface area (Å²) in [5.41, 5.74) is 2.71. The molecule has 0 radical (unpaired) electrons. The highest BCUT2D eigenvalue weighted by molar-refractivity contribution is 6.08. The van der Waals surface area contributed by atoms with Gasteiger partial charge in [-0.15, -0.1) is 0 Å². The zero-order valence-corrected chi connectivity index (χ0v) is 17.4. The standard InChI is InChI=1S/C32H18/c1-3-7-21-19(5-1)9-10-25-23(21)11-13-28-29-16-15-26-27(32(29)18-31(25)28)14-12-24-22-8-4-2-6-20(22)17-30(24)26/h1-18H. The van der Waals surface area contributed by atoms with Crippen LogP contribution in [0.15, 0.2) is 97.1 Å². The van der Waals surface area contributed by atoms with Gasteiger partial charge in [-0.05, 0) is 86.9 Å². The summed E-state index contributed by atoms with van der Waals surface area (Å²) in [4.78, 5) is 0. The summed E-state index contributed by atoms with van der Waals surface area (Å²) in [5, 5.41) is 16.0. The molecule has 0 saturated carbocycles. The third-order valence-electron chi connectivity index (χ3n) is 7.38. The smallest absolute Gasteiger partial charge is 0.00926 e. The summed E-state index contributed by atoms with van der Waals surface area (Å²) >= 11 is 0. The van der Waals surface area contributed by atoms with Crippen LogP contribution in [0.25, 0.3) is 44.5 Å². The van der Waals surface area contributed by atoms with E-state index in [0.29, 0.717) is 0 Å². The van der Waals surface area contributed by atoms with Gasteiger partial charge in [-0.25, -0.2) is 0 Å². The van der Waals surface area contributed by atoms with Gasteiger partial charge in [0.25, 0.3) is 0 Å². The van der Waals surface area contributed by atoms with Crippen LogP contribution in [-0.4, -0.2) is 0 Å². The predicted molar refractivity (Wildman–Crippen MR) is 134 cm³/mol. The SMILES string of the molecule is C1=c2ccccc2=c2ccc3c4c(ccc3c21)=c1ccc2c(ccc3ccccc32)c1=C4. The highest BCUT2D eigenvalue weighted by atomic mass is 14.2. The van der Waals surface area contributed by atoms with Crippen molar-refractivity contribution in [2.75, 3.05) is 0 Å². The van der Waals surface area contributed by atoms with Crippen molar-refractivity contribution in [3.05, 3.63) is 140 Å². The van der Waals surface area contributed by atoms with Crippen LogP contribution in [-0.2, 0) is 0 Å². The molecule has 0 aromatic heterocycles. The van der Waals surface area contributed by atoms with Crippen molar-refractivity contribution in [2.24, 2.45) is 0 Å². The first-order chi connectivity index (χ1) is 15.9. The van der Waals surface area contributed by atoms with E-state index in [2.05, 4.69) is 109 Å². The Morgan fingerprint density at radius 2 is 1.00 bits per heavy atom. The number of hydrogen-bond acceptors (Lipinski definition) is 0. The molecule has 0 spiro atoms. The molecule has 0 nitrogen and oxygen atoms in total. The maximum Gasteiger partial charge on any atom is -0.00926 e. The van der Waals surface area contributed by atoms with Gasteiger partial charge < -0.3 is 0 Å². The van der Waals surface area contributed by atoms with Gasteiger partial charge >= 0.3 is 0 Å². The fraction of sp³-hybridized carbons (Fsp3) is 0. The normalized spacial score (nSPS) is 12.9. The monoisotopic (exact) mass is 402 g/mol. The van der Waals surface area contributed by atoms with E-state index in [0.717, 1.165) is 0 Å². The summed E-state index contributed by atoms with van der Waals surface area (Å²) in [6.45, 7) is 0. The number of rotatable bonds is 0. The summed E-state index contributed by atoms with van der Waals surface area (Å²) in [6, 6.07) is 35.8. The van der Waals surface area contributed by atoms with Gasteiger partial charge in [0.1, 0.15) is 0 Å². The van der Waals surface area contributed by atoms with Crippen molar-refractivity contribution < 1.29 is 0 Å². The average molecular weight is 402 g/mol. The molecule has 0 unspecified atom stereocenters. The second kappa shape index (κ2) is 5.75. The van der Waals surface area contributed by atoms with Gasteiger partial charge in [-0.1, -0.05) is 97.1 Å². The summed E-state index contributed by atoms with van der Waals surface area (Å²) in [7, 11) is 0. The molecule has 2 aliphatic carbocycles. The molecule has 146 valence electrons. The molecule has 0 heterocycles. The first-order valence-corrected chi connectivity index (χ1v) is 11.2. The molecule has 0 atom stereocenters. The molecule has 0 aliphatic heterocycles. The molecular formula is C32H18. The topological polar surface area (TPSA) is 0 Å². The van der Waals surface area contributed by atoms with Crippen molar-refractivity contribution in [1.29, 1.82) is 0 Å². The molecule has 0 amide bonds. The Balaban J connectivity index is 1.52. The molecule has 0 bridgehead atoms. The molecule has 0 N–H and O–H groups in total. The molecular weight excluding hydrogens is 384 g/mol. The third-order valence-corrected chi connectivity index (χ3v) is 7.38. The van der Waals surface area contributed by atoms with E-state index in [1.807, 2.05) is 0 Å². The van der Waals surface area contributed by atoms with Crippen molar-refractivity contribution in [3.63, 3.8) is 0 Å². The van der Waals surface area contributed by atoms with E-state index in [9.17, 15) is 0 Å². The van der Waals surface area contributed by atoms with Crippen LogP contribution in [0.3, 0.4) is 0 Å². The molecule has 32 heavy (non-hydrogen) atoms. The first kappa shape index (κ1) is 16.5. The maximum absolute atomic E-state index is 2.42. The summed E-state index contributed by atoms with van der Waals surface area (Å²) < 4.78 is 0. The Morgan fingerprint density at radius 3 is 1.91 bits per heavy atom. The minimum absolute atomic E-state index is 1.30. The van der Waals surface area contributed by atoms with Crippen LogP contribution < -0.4 is 10.4 Å². The minimum Gasteiger partial charge on any atom is -0.0616 e. The lowest BCUT2D eigenvalue weighted by Crippen LogP contribution is -2.02. The summed E-state index contributed by atoms with van der Waals surface area (Å²) in [5.74, 6) is 0. The number of hydrogen-bond donors (Lipinski definition) is 0. The fourth-order valence-corrected chi connectivity index (χ4v) is 5.90. The van der Waals surface area contributed by atoms with Crippen LogP contribution in [0.4, 0.5) is 0 Å². The average Bonchev–Trinajstić information content (AvgIpc) is 3.42. The highest BCUT2D eigenvalue weighted by Crippen LogP contribution is 2.30. The van der Waals surface area contributed by atoms with E-state index >= 15 is 0 Å². The number of benzene rings is 6. The Bertz CT molecular complexity index is 2130. The van der Waals surface area contributed by atoms with Gasteiger partial charge in [0.2, 0.25) is 0 Å². The minimum atomic E-state index is 1.30. The number of fused-ring (bicyclic) bond motifs is 11. The molecule has 6 aromatic rings. The van der Waals surface area contributed by atoms with Gasteiger partial charge in [-0.2, -0.15) is 0 Å². The zero-order valence-electron chi connectivity index (χ0n) is 17.4. The summed E-state index contributed by atoms with van der Waals surface area (Å²) in [6.07, 6.45) is 4.77. The van der Waals surface area contributed by atoms with Crippen LogP contribution in [0.5, 0.6) is 0 Å². The van der Waals surface area contributed by atoms with E-state index < -0.39 is 0 Å². The van der Waals surface area contributed by atoms with Gasteiger partial charge in [-0.3, -0.25) is 0 Å². The van der Waals surface area contributed by atoms with Crippen LogP contribution in [0.1, 0.15) is 11.1 Å². The fourth-order valence-electron chi connectivity index (χ4n) is 5.90. The third kappa shape index (κ3) is 1.98. The largest absolute Gasteiger partial charge is 0.0616 e. The Kier molecular flexibility index (Phi) is 2.97. The van der Waals surface area contributed by atoms with Gasteiger partial charge in [0, 0.05) is 0 Å². The molecule has 6 aromatic carbocycles. The van der Waals surface area contributed by atoms with E-state index in [4.69, 9.17) is 0 Å². The lowest BCUT2D eigenvalue weighted by molar-refractivity contribution is 1.49. The van der Waals surface area contributed by atoms with Crippen molar-refractivity contribution in [3.8, 4) is 0 Å². The molecule has 0 saturated heterocycles. The highest BCUT2D eigenvalue weighted by Gasteiger charge is 2.13. The van der Waals surface area contributed by atoms with E-state index in [-0.39, 0.29) is 0 Å². The van der Waals surface area contributed by atoms with Crippen LogP contribution in [0, 0.1) is 20.9 Å². The van der Waals surface area contributed by atoms with Crippen molar-refractivity contribution in [1.82, 2.24) is 0 Å². The van der Waals surface area contributed by atoms with E-state index in [1.165, 1.54) is 74.8 Å². The Morgan fingerprint density at radius 1 is 0.344 bits per heavy atom. The van der Waals surface area contributed by atoms with Gasteiger partial charge in [0.15, 0.2) is 0 Å². The molecule has 0 heteroatoms. The predicted octanol–water partition coefficient (Wildman–Crippen LogP) is 6.00. The Labute approximate surface area is 184 Å². The Hall–Kier alpha value is -4.16. The van der Waals surface area contributed by atoms with E-state index in [1.54, 1.807) is 0 Å². The van der Waals surface area contributed by atoms with Crippen molar-refractivity contribution >= 4 is 44.5 Å². The molecule has 2 aliphatic rings. The van der Waals surface area contributed by atoms with Crippen molar-refractivity contribution in [2.45, 2.75) is 0 Å². The first-order valence-electron chi connectivity index (χ1n) is 11.2. The lowest BCUT2D eigenvalue weighted by atomic mass is 9.98. The maximum atomic E-state index is 2.42. The zero-order chi connectivity index (χ0) is 20.8. The molecule has 0 fully saturated rings. The second-order valence-electron chi connectivity index (χ2n) is 8.93. The van der Waals surface area contributed by atoms with Crippen LogP contribution in [0.2, 0.25) is 0 Å². The quantitative estimate of drug-likeness (QED) is 0.273. The van der Waals surface area contributed by atoms with Crippen LogP contribution >= 0.6 is 0 Å². The second-order valence-corrected chi connectivity index (χ2v) is 8.93. The lowest BCUT2D eigenvalue weighted by Gasteiger charge is -2.05.